The first-order chi connectivity index (χ1) is 14.5. The molecule has 0 atom stereocenters. The first-order valence-corrected chi connectivity index (χ1v) is 10.4. The zero-order valence-electron chi connectivity index (χ0n) is 17.0. The summed E-state index contributed by atoms with van der Waals surface area (Å²) in [5.74, 6) is 1.00. The van der Waals surface area contributed by atoms with E-state index < -0.39 is 0 Å². The van der Waals surface area contributed by atoms with E-state index in [1.165, 1.54) is 11.3 Å². The van der Waals surface area contributed by atoms with Gasteiger partial charge in [-0.1, -0.05) is 35.5 Å². The quantitative estimate of drug-likeness (QED) is 0.406. The van der Waals surface area contributed by atoms with E-state index in [1.807, 2.05) is 68.6 Å². The highest BCUT2D eigenvalue weighted by Crippen LogP contribution is 2.32. The van der Waals surface area contributed by atoms with Crippen LogP contribution in [0.2, 0.25) is 0 Å². The lowest BCUT2D eigenvalue weighted by atomic mass is 10.1. The first kappa shape index (κ1) is 19.8. The van der Waals surface area contributed by atoms with Crippen molar-refractivity contribution in [3.63, 3.8) is 0 Å². The van der Waals surface area contributed by atoms with Crippen LogP contribution in [0, 0.1) is 20.8 Å². The third kappa shape index (κ3) is 3.97. The van der Waals surface area contributed by atoms with Gasteiger partial charge in [-0.15, -0.1) is 11.3 Å². The van der Waals surface area contributed by atoms with Crippen molar-refractivity contribution >= 4 is 28.1 Å². The van der Waals surface area contributed by atoms with Crippen LogP contribution in [0.5, 0.6) is 5.75 Å². The Balaban J connectivity index is 1.69. The van der Waals surface area contributed by atoms with E-state index in [4.69, 9.17) is 9.26 Å². The highest BCUT2D eigenvalue weighted by Gasteiger charge is 2.25. The Bertz CT molecular complexity index is 1150. The van der Waals surface area contributed by atoms with Crippen LogP contribution in [-0.4, -0.2) is 16.0 Å². The molecular formula is C23H21N3O3S. The predicted molar refractivity (Wildman–Crippen MR) is 117 cm³/mol. The minimum Gasteiger partial charge on any atom is -0.488 e. The average molecular weight is 420 g/mol. The van der Waals surface area contributed by atoms with Crippen molar-refractivity contribution in [3.05, 3.63) is 88.3 Å². The molecule has 0 fully saturated rings. The topological polar surface area (TPSA) is 68.5 Å². The van der Waals surface area contributed by atoms with Crippen molar-refractivity contribution in [1.29, 1.82) is 0 Å². The second kappa shape index (κ2) is 8.51. The van der Waals surface area contributed by atoms with E-state index in [9.17, 15) is 4.79 Å². The highest BCUT2D eigenvalue weighted by molar-refractivity contribution is 7.14. The fourth-order valence-corrected chi connectivity index (χ4v) is 3.90. The molecule has 152 valence electrons. The maximum atomic E-state index is 13.7. The molecule has 7 heteroatoms. The summed E-state index contributed by atoms with van der Waals surface area (Å²) in [6.45, 7) is 5.90. The number of aryl methyl sites for hydroxylation is 3. The molecule has 0 aliphatic carbocycles. The second-order valence-corrected chi connectivity index (χ2v) is 7.67. The monoisotopic (exact) mass is 419 g/mol. The van der Waals surface area contributed by atoms with Crippen LogP contribution >= 0.6 is 11.3 Å². The van der Waals surface area contributed by atoms with Gasteiger partial charge in [0.15, 0.2) is 5.13 Å². The molecule has 0 N–H and O–H groups in total. The lowest BCUT2D eigenvalue weighted by molar-refractivity contribution is 0.0995. The Kier molecular flexibility index (Phi) is 5.63. The molecule has 2 aromatic heterocycles. The Hall–Kier alpha value is -3.45. The van der Waals surface area contributed by atoms with Crippen molar-refractivity contribution in [2.24, 2.45) is 0 Å². The van der Waals surface area contributed by atoms with Gasteiger partial charge >= 0.3 is 0 Å². The van der Waals surface area contributed by atoms with Crippen molar-refractivity contribution in [2.75, 3.05) is 4.90 Å². The van der Waals surface area contributed by atoms with E-state index >= 15 is 0 Å². The van der Waals surface area contributed by atoms with Gasteiger partial charge in [-0.05, 0) is 45.0 Å². The number of para-hydroxylation sites is 2. The zero-order valence-corrected chi connectivity index (χ0v) is 17.8. The van der Waals surface area contributed by atoms with Gasteiger partial charge in [0.1, 0.15) is 18.1 Å². The predicted octanol–water partition coefficient (Wildman–Crippen LogP) is 5.61. The molecule has 4 rings (SSSR count). The number of amides is 1. The summed E-state index contributed by atoms with van der Waals surface area (Å²) in [4.78, 5) is 19.8. The lowest BCUT2D eigenvalue weighted by Crippen LogP contribution is -2.26. The van der Waals surface area contributed by atoms with Gasteiger partial charge < -0.3 is 9.26 Å². The molecule has 0 saturated carbocycles. The summed E-state index contributed by atoms with van der Waals surface area (Å²) >= 11 is 1.43. The summed E-state index contributed by atoms with van der Waals surface area (Å²) in [5.41, 5.74) is 3.73. The van der Waals surface area contributed by atoms with Crippen LogP contribution in [0.3, 0.4) is 0 Å². The molecule has 2 aromatic carbocycles. The Morgan fingerprint density at radius 2 is 1.80 bits per heavy atom. The van der Waals surface area contributed by atoms with Crippen molar-refractivity contribution in [2.45, 2.75) is 27.4 Å². The van der Waals surface area contributed by atoms with E-state index in [-0.39, 0.29) is 12.5 Å². The fraction of sp³-hybridized carbons (Fsp3) is 0.174. The molecule has 0 unspecified atom stereocenters. The van der Waals surface area contributed by atoms with Crippen LogP contribution in [0.1, 0.15) is 33.1 Å². The number of hydrogen-bond donors (Lipinski definition) is 0. The number of nitrogens with zero attached hydrogens (tertiary/aromatic N) is 3. The first-order valence-electron chi connectivity index (χ1n) is 9.50. The van der Waals surface area contributed by atoms with E-state index in [1.54, 1.807) is 17.0 Å². The number of aromatic nitrogens is 2. The summed E-state index contributed by atoms with van der Waals surface area (Å²) in [6, 6.07) is 16.7. The molecule has 0 radical (unpaired) electrons. The Morgan fingerprint density at radius 3 is 2.47 bits per heavy atom. The number of carbonyl (C=O) groups is 1. The Morgan fingerprint density at radius 1 is 1.07 bits per heavy atom. The van der Waals surface area contributed by atoms with Crippen LogP contribution in [0.25, 0.3) is 0 Å². The summed E-state index contributed by atoms with van der Waals surface area (Å²) in [5, 5.41) is 6.50. The van der Waals surface area contributed by atoms with Gasteiger partial charge in [0, 0.05) is 5.38 Å². The smallest absolute Gasteiger partial charge is 0.268 e. The summed E-state index contributed by atoms with van der Waals surface area (Å²) in [6.07, 6.45) is 0. The van der Waals surface area contributed by atoms with Gasteiger partial charge in [-0.25, -0.2) is 4.98 Å². The maximum Gasteiger partial charge on any atom is 0.268 e. The van der Waals surface area contributed by atoms with Crippen LogP contribution in [0.15, 0.2) is 64.5 Å². The van der Waals surface area contributed by atoms with Gasteiger partial charge in [-0.3, -0.25) is 9.69 Å². The molecule has 6 nitrogen and oxygen atoms in total. The molecule has 2 heterocycles. The van der Waals surface area contributed by atoms with E-state index in [0.717, 1.165) is 22.6 Å². The van der Waals surface area contributed by atoms with Crippen LogP contribution in [0.4, 0.5) is 10.8 Å². The minimum atomic E-state index is -0.204. The number of hydrogen-bond acceptors (Lipinski definition) is 6. The number of rotatable bonds is 6. The van der Waals surface area contributed by atoms with Crippen LogP contribution < -0.4 is 9.64 Å². The molecule has 1 amide bonds. The van der Waals surface area contributed by atoms with Crippen molar-refractivity contribution in [3.8, 4) is 5.75 Å². The standard InChI is InChI=1S/C23H21N3O3S/c1-15-14-30-23(24-15)26(18-9-5-4-6-10-18)22(27)19-11-7-8-12-21(19)28-13-20-16(2)25-29-17(20)3/h4-12,14H,13H2,1-3H3. The molecule has 4 aromatic rings. The van der Waals surface area contributed by atoms with E-state index in [0.29, 0.717) is 22.2 Å². The molecule has 0 aliphatic heterocycles. The number of thiazole rings is 1. The van der Waals surface area contributed by atoms with Gasteiger partial charge in [0.05, 0.1) is 28.2 Å². The van der Waals surface area contributed by atoms with Gasteiger partial charge in [-0.2, -0.15) is 0 Å². The fourth-order valence-electron chi connectivity index (χ4n) is 3.08. The number of ether oxygens (including phenoxy) is 1. The highest BCUT2D eigenvalue weighted by atomic mass is 32.1. The zero-order chi connectivity index (χ0) is 21.1. The van der Waals surface area contributed by atoms with Crippen LogP contribution in [-0.2, 0) is 6.61 Å². The summed E-state index contributed by atoms with van der Waals surface area (Å²) < 4.78 is 11.2. The summed E-state index contributed by atoms with van der Waals surface area (Å²) in [7, 11) is 0. The molecule has 0 saturated heterocycles. The normalized spacial score (nSPS) is 10.8. The molecule has 0 spiro atoms. The number of anilines is 2. The van der Waals surface area contributed by atoms with Gasteiger partial charge in [0.2, 0.25) is 0 Å². The van der Waals surface area contributed by atoms with Gasteiger partial charge in [0.25, 0.3) is 5.91 Å². The third-order valence-corrected chi connectivity index (χ3v) is 5.63. The van der Waals surface area contributed by atoms with Crippen molar-refractivity contribution in [1.82, 2.24) is 10.1 Å². The molecule has 30 heavy (non-hydrogen) atoms. The molecular weight excluding hydrogens is 398 g/mol. The second-order valence-electron chi connectivity index (χ2n) is 6.84. The third-order valence-electron chi connectivity index (χ3n) is 4.69. The van der Waals surface area contributed by atoms with Crippen molar-refractivity contribution < 1.29 is 14.1 Å². The Labute approximate surface area is 178 Å². The minimum absolute atomic E-state index is 0.204. The molecule has 0 bridgehead atoms. The molecule has 0 aliphatic rings. The largest absolute Gasteiger partial charge is 0.488 e. The maximum absolute atomic E-state index is 13.7. The van der Waals surface area contributed by atoms with E-state index in [2.05, 4.69) is 10.1 Å². The number of benzene rings is 2. The SMILES string of the molecule is Cc1csc(N(C(=O)c2ccccc2OCc2c(C)noc2C)c2ccccc2)n1. The number of carbonyl (C=O) groups excluding carboxylic acids is 1. The lowest BCUT2D eigenvalue weighted by Gasteiger charge is -2.21. The average Bonchev–Trinajstić information content (AvgIpc) is 3.32.